The zero-order valence-electron chi connectivity index (χ0n) is 19.4. The fraction of sp³-hybridized carbons (Fsp3) is 0.375. The Morgan fingerprint density at radius 2 is 1.79 bits per heavy atom. The van der Waals surface area contributed by atoms with Gasteiger partial charge in [-0.25, -0.2) is 4.98 Å². The highest BCUT2D eigenvalue weighted by Crippen LogP contribution is 2.29. The third-order valence-corrected chi connectivity index (χ3v) is 6.04. The summed E-state index contributed by atoms with van der Waals surface area (Å²) in [5.41, 5.74) is 1.06. The Balaban J connectivity index is 1.37. The van der Waals surface area contributed by atoms with Crippen LogP contribution in [-0.2, 0) is 0 Å². The van der Waals surface area contributed by atoms with E-state index in [0.717, 1.165) is 42.4 Å². The van der Waals surface area contributed by atoms with Gasteiger partial charge in [-0.3, -0.25) is 14.9 Å². The predicted octanol–water partition coefficient (Wildman–Crippen LogP) is 3.77. The van der Waals surface area contributed by atoms with Gasteiger partial charge in [0.25, 0.3) is 5.91 Å². The Kier molecular flexibility index (Phi) is 6.76. The number of anilines is 2. The molecular formula is C24H28N6O4. The molecule has 0 spiro atoms. The van der Waals surface area contributed by atoms with E-state index >= 15 is 0 Å². The summed E-state index contributed by atoms with van der Waals surface area (Å²) in [5, 5.41) is 18.6. The van der Waals surface area contributed by atoms with Crippen molar-refractivity contribution in [3.8, 4) is 5.75 Å². The molecule has 10 nitrogen and oxygen atoms in total. The number of aromatic nitrogens is 2. The summed E-state index contributed by atoms with van der Waals surface area (Å²) in [6, 6.07) is 12.3. The van der Waals surface area contributed by atoms with Crippen LogP contribution >= 0.6 is 0 Å². The molecule has 0 radical (unpaired) electrons. The van der Waals surface area contributed by atoms with E-state index in [1.807, 2.05) is 43.3 Å². The van der Waals surface area contributed by atoms with Gasteiger partial charge in [0.2, 0.25) is 5.95 Å². The minimum Gasteiger partial charge on any atom is -0.490 e. The molecule has 0 bridgehead atoms. The molecule has 1 fully saturated rings. The maximum atomic E-state index is 12.7. The Labute approximate surface area is 197 Å². The molecule has 0 atom stereocenters. The largest absolute Gasteiger partial charge is 0.490 e. The van der Waals surface area contributed by atoms with E-state index in [9.17, 15) is 14.9 Å². The monoisotopic (exact) mass is 464 g/mol. The van der Waals surface area contributed by atoms with E-state index in [2.05, 4.69) is 15.6 Å². The molecule has 34 heavy (non-hydrogen) atoms. The molecule has 0 aliphatic heterocycles. The third kappa shape index (κ3) is 5.00. The van der Waals surface area contributed by atoms with Gasteiger partial charge in [-0.2, -0.15) is 4.98 Å². The zero-order chi connectivity index (χ0) is 24.2. The maximum absolute atomic E-state index is 12.7. The van der Waals surface area contributed by atoms with Gasteiger partial charge in [-0.15, -0.1) is 0 Å². The van der Waals surface area contributed by atoms with Gasteiger partial charge in [-0.05, 0) is 43.9 Å². The molecular weight excluding hydrogens is 436 g/mol. The quantitative estimate of drug-likeness (QED) is 0.400. The summed E-state index contributed by atoms with van der Waals surface area (Å²) < 4.78 is 5.06. The van der Waals surface area contributed by atoms with Crippen molar-refractivity contribution in [1.82, 2.24) is 15.3 Å². The first-order valence-corrected chi connectivity index (χ1v) is 11.2. The van der Waals surface area contributed by atoms with E-state index in [4.69, 9.17) is 9.72 Å². The van der Waals surface area contributed by atoms with Crippen LogP contribution in [0.5, 0.6) is 5.75 Å². The first-order valence-electron chi connectivity index (χ1n) is 11.2. The molecule has 4 rings (SSSR count). The van der Waals surface area contributed by atoms with Crippen molar-refractivity contribution in [1.29, 1.82) is 0 Å². The van der Waals surface area contributed by atoms with Gasteiger partial charge in [-0.1, -0.05) is 12.1 Å². The molecule has 3 aromatic rings. The number of hydrogen-bond acceptors (Lipinski definition) is 8. The maximum Gasteiger partial charge on any atom is 0.310 e. The number of nitro groups is 1. The van der Waals surface area contributed by atoms with Gasteiger partial charge in [0.1, 0.15) is 5.82 Å². The number of nitro benzene ring substituents is 1. The van der Waals surface area contributed by atoms with Crippen molar-refractivity contribution in [3.05, 3.63) is 58.1 Å². The number of fused-ring (bicyclic) bond motifs is 1. The van der Waals surface area contributed by atoms with Crippen molar-refractivity contribution < 1.29 is 14.5 Å². The molecule has 1 saturated carbocycles. The molecule has 0 saturated heterocycles. The lowest BCUT2D eigenvalue weighted by Gasteiger charge is -2.30. The van der Waals surface area contributed by atoms with Crippen molar-refractivity contribution >= 4 is 34.3 Å². The van der Waals surface area contributed by atoms with Gasteiger partial charge in [0.05, 0.1) is 17.5 Å². The van der Waals surface area contributed by atoms with E-state index < -0.39 is 4.92 Å². The fourth-order valence-corrected chi connectivity index (χ4v) is 4.27. The highest BCUT2D eigenvalue weighted by molar-refractivity contribution is 5.95. The molecule has 2 N–H and O–H groups in total. The summed E-state index contributed by atoms with van der Waals surface area (Å²) in [4.78, 5) is 34.6. The average molecular weight is 465 g/mol. The molecule has 1 aliphatic carbocycles. The third-order valence-electron chi connectivity index (χ3n) is 6.04. The number of amides is 1. The van der Waals surface area contributed by atoms with E-state index in [1.54, 1.807) is 0 Å². The smallest absolute Gasteiger partial charge is 0.310 e. The number of carbonyl (C=O) groups excluding carboxylic acids is 1. The number of rotatable bonds is 7. The van der Waals surface area contributed by atoms with Crippen LogP contribution in [-0.4, -0.2) is 54.1 Å². The first kappa shape index (κ1) is 23.2. The molecule has 2 aromatic carbocycles. The molecule has 1 heterocycles. The van der Waals surface area contributed by atoms with E-state index in [-0.39, 0.29) is 29.4 Å². The molecule has 10 heteroatoms. The SMILES string of the molecule is COc1cc(C(=O)NC2CCC(Nc3nc(N(C)C)c4ccccc4n3)CC2)ccc1[N+](=O)[O-]. The van der Waals surface area contributed by atoms with Crippen LogP contribution in [0.25, 0.3) is 10.9 Å². The summed E-state index contributed by atoms with van der Waals surface area (Å²) in [7, 11) is 5.28. The Morgan fingerprint density at radius 3 is 2.47 bits per heavy atom. The van der Waals surface area contributed by atoms with Crippen LogP contribution < -0.4 is 20.3 Å². The van der Waals surface area contributed by atoms with Crippen molar-refractivity contribution in [3.63, 3.8) is 0 Å². The normalized spacial score (nSPS) is 17.7. The van der Waals surface area contributed by atoms with Gasteiger partial charge >= 0.3 is 5.69 Å². The number of para-hydroxylation sites is 1. The van der Waals surface area contributed by atoms with Gasteiger partial charge < -0.3 is 20.3 Å². The molecule has 178 valence electrons. The van der Waals surface area contributed by atoms with Crippen LogP contribution in [0.2, 0.25) is 0 Å². The van der Waals surface area contributed by atoms with Crippen LogP contribution in [0, 0.1) is 10.1 Å². The van der Waals surface area contributed by atoms with E-state index in [1.165, 1.54) is 25.3 Å². The predicted molar refractivity (Wildman–Crippen MR) is 131 cm³/mol. The highest BCUT2D eigenvalue weighted by Gasteiger charge is 2.25. The first-order chi connectivity index (χ1) is 16.4. The number of benzene rings is 2. The Bertz CT molecular complexity index is 1210. The van der Waals surface area contributed by atoms with Crippen LogP contribution in [0.4, 0.5) is 17.5 Å². The van der Waals surface area contributed by atoms with Gasteiger partial charge in [0.15, 0.2) is 5.75 Å². The number of hydrogen-bond donors (Lipinski definition) is 2. The number of nitrogens with zero attached hydrogens (tertiary/aromatic N) is 4. The Hall–Kier alpha value is -3.95. The second-order valence-corrected chi connectivity index (χ2v) is 8.59. The zero-order valence-corrected chi connectivity index (χ0v) is 19.4. The lowest BCUT2D eigenvalue weighted by molar-refractivity contribution is -0.385. The number of methoxy groups -OCH3 is 1. The average Bonchev–Trinajstić information content (AvgIpc) is 2.84. The van der Waals surface area contributed by atoms with Gasteiger partial charge in [0, 0.05) is 49.3 Å². The number of carbonyl (C=O) groups is 1. The van der Waals surface area contributed by atoms with Crippen LogP contribution in [0.1, 0.15) is 36.0 Å². The van der Waals surface area contributed by atoms with Crippen LogP contribution in [0.15, 0.2) is 42.5 Å². The van der Waals surface area contributed by atoms with Crippen molar-refractivity contribution in [2.24, 2.45) is 0 Å². The van der Waals surface area contributed by atoms with Crippen molar-refractivity contribution in [2.75, 3.05) is 31.4 Å². The highest BCUT2D eigenvalue weighted by atomic mass is 16.6. The molecule has 0 unspecified atom stereocenters. The Morgan fingerprint density at radius 1 is 1.09 bits per heavy atom. The molecule has 1 amide bonds. The topological polar surface area (TPSA) is 123 Å². The van der Waals surface area contributed by atoms with Crippen LogP contribution in [0.3, 0.4) is 0 Å². The van der Waals surface area contributed by atoms with Crippen molar-refractivity contribution in [2.45, 2.75) is 37.8 Å². The number of nitrogens with one attached hydrogen (secondary N) is 2. The fourth-order valence-electron chi connectivity index (χ4n) is 4.27. The van der Waals surface area contributed by atoms with E-state index in [0.29, 0.717) is 11.5 Å². The summed E-state index contributed by atoms with van der Waals surface area (Å²) in [6.45, 7) is 0. The standard InChI is InChI=1S/C24H28N6O4/c1-29(2)22-18-6-4-5-7-19(18)27-24(28-22)26-17-11-9-16(10-12-17)25-23(31)15-8-13-20(30(32)33)21(14-15)34-3/h4-8,13-14,16-17H,9-12H2,1-3H3,(H,25,31)(H,26,27,28). The number of ether oxygens (including phenoxy) is 1. The second-order valence-electron chi connectivity index (χ2n) is 8.59. The summed E-state index contributed by atoms with van der Waals surface area (Å²) >= 11 is 0. The lowest BCUT2D eigenvalue weighted by atomic mass is 9.91. The minimum absolute atomic E-state index is 0.0293. The minimum atomic E-state index is -0.532. The second kappa shape index (κ2) is 9.90. The lowest BCUT2D eigenvalue weighted by Crippen LogP contribution is -2.40. The summed E-state index contributed by atoms with van der Waals surface area (Å²) in [5.74, 6) is 1.27. The molecule has 1 aromatic heterocycles. The summed E-state index contributed by atoms with van der Waals surface area (Å²) in [6.07, 6.45) is 3.34. The molecule has 1 aliphatic rings.